The number of hydrogen-bond acceptors (Lipinski definition) is 2. The number of quaternary nitrogens is 1. The van der Waals surface area contributed by atoms with Crippen LogP contribution in [0.25, 0.3) is 0 Å². The largest absolute Gasteiger partial charge is 1.00 e. The van der Waals surface area contributed by atoms with Crippen molar-refractivity contribution >= 4 is 11.4 Å². The van der Waals surface area contributed by atoms with Gasteiger partial charge in [0, 0.05) is 16.9 Å². The number of halogens is 1. The topological polar surface area (TPSA) is 41.3 Å². The van der Waals surface area contributed by atoms with Gasteiger partial charge in [-0.05, 0) is 25.5 Å². The second kappa shape index (κ2) is 6.89. The summed E-state index contributed by atoms with van der Waals surface area (Å²) in [6, 6.07) is 16.1. The number of aryl methyl sites for hydroxylation is 2. The molecule has 3 nitrogen and oxygen atoms in total. The van der Waals surface area contributed by atoms with E-state index in [0.717, 1.165) is 16.9 Å². The summed E-state index contributed by atoms with van der Waals surface area (Å²) in [7, 11) is 0. The minimum absolute atomic E-state index is 0. The standard InChI is InChI=1S/C14H15N3.ClH/c1-11-7-3-5-9-13(11)15-17-16-14-10-6-4-8-12(14)2;/h3-10H,1-2H3,(H,15,16);1H. The normalized spacial score (nSPS) is 10.3. The van der Waals surface area contributed by atoms with Crippen LogP contribution in [0.3, 0.4) is 0 Å². The molecule has 2 rings (SSSR count). The highest BCUT2D eigenvalue weighted by Gasteiger charge is 1.99. The van der Waals surface area contributed by atoms with E-state index in [2.05, 4.69) is 23.3 Å². The Balaban J connectivity index is 0.00000162. The molecule has 0 atom stereocenters. The summed E-state index contributed by atoms with van der Waals surface area (Å²) in [5, 5.41) is 8.35. The van der Waals surface area contributed by atoms with Gasteiger partial charge in [0.1, 0.15) is 0 Å². The van der Waals surface area contributed by atoms with E-state index in [-0.39, 0.29) is 12.4 Å². The van der Waals surface area contributed by atoms with E-state index >= 15 is 0 Å². The summed E-state index contributed by atoms with van der Waals surface area (Å²) in [6.45, 7) is 4.09. The molecule has 0 aliphatic rings. The van der Waals surface area contributed by atoms with E-state index in [4.69, 9.17) is 0 Å². The third-order valence-corrected chi connectivity index (χ3v) is 2.67. The van der Waals surface area contributed by atoms with Crippen LogP contribution in [0, 0.1) is 13.8 Å². The first kappa shape index (κ1) is 14.4. The maximum absolute atomic E-state index is 4.21. The molecule has 0 radical (unpaired) electrons. The molecule has 94 valence electrons. The first-order valence-electron chi connectivity index (χ1n) is 5.63. The van der Waals surface area contributed by atoms with Crippen molar-refractivity contribution < 1.29 is 17.8 Å². The number of benzene rings is 2. The molecular formula is C14H16ClN3. The number of nitrogens with two attached hydrogens (primary N) is 1. The zero-order chi connectivity index (χ0) is 12.1. The van der Waals surface area contributed by atoms with Gasteiger partial charge in [0.05, 0.1) is 5.69 Å². The zero-order valence-electron chi connectivity index (χ0n) is 10.5. The van der Waals surface area contributed by atoms with Gasteiger partial charge in [-0.1, -0.05) is 36.4 Å². The van der Waals surface area contributed by atoms with Gasteiger partial charge in [0.15, 0.2) is 5.69 Å². The summed E-state index contributed by atoms with van der Waals surface area (Å²) in [5.41, 5.74) is 6.15. The summed E-state index contributed by atoms with van der Waals surface area (Å²) in [4.78, 5) is 0. The number of hydrogen-bond donors (Lipinski definition) is 1. The first-order chi connectivity index (χ1) is 8.27. The van der Waals surface area contributed by atoms with Gasteiger partial charge < -0.3 is 12.4 Å². The second-order valence-electron chi connectivity index (χ2n) is 3.99. The Kier molecular flexibility index (Phi) is 5.49. The Labute approximate surface area is 113 Å². The minimum atomic E-state index is 0. The smallest absolute Gasteiger partial charge is 0.160 e. The van der Waals surface area contributed by atoms with Gasteiger partial charge in [-0.25, -0.2) is 0 Å². The molecule has 0 unspecified atom stereocenters. The lowest BCUT2D eigenvalue weighted by atomic mass is 10.2. The van der Waals surface area contributed by atoms with Crippen LogP contribution in [0.1, 0.15) is 11.1 Å². The first-order valence-corrected chi connectivity index (χ1v) is 5.63. The molecule has 2 N–H and O–H groups in total. The Hall–Kier alpha value is -1.71. The molecule has 4 heteroatoms. The monoisotopic (exact) mass is 261 g/mol. The van der Waals surface area contributed by atoms with Crippen LogP contribution < -0.4 is 17.8 Å². The predicted octanol–water partition coefficient (Wildman–Crippen LogP) is 0.201. The van der Waals surface area contributed by atoms with Gasteiger partial charge in [-0.2, -0.15) is 5.43 Å². The fourth-order valence-electron chi connectivity index (χ4n) is 1.56. The molecular weight excluding hydrogens is 246 g/mol. The third kappa shape index (κ3) is 3.65. The number of nitrogens with zero attached hydrogens (tertiary/aromatic N) is 2. The minimum Gasteiger partial charge on any atom is -1.00 e. The highest BCUT2D eigenvalue weighted by molar-refractivity contribution is 5.43. The molecule has 0 aliphatic carbocycles. The molecule has 2 aromatic rings. The highest BCUT2D eigenvalue weighted by atomic mass is 35.5. The zero-order valence-corrected chi connectivity index (χ0v) is 11.2. The number of rotatable bonds is 3. The van der Waals surface area contributed by atoms with E-state index in [1.807, 2.05) is 49.4 Å². The Morgan fingerprint density at radius 2 is 1.44 bits per heavy atom. The molecule has 2 aromatic carbocycles. The summed E-state index contributed by atoms with van der Waals surface area (Å²) in [6.07, 6.45) is 0. The van der Waals surface area contributed by atoms with Gasteiger partial charge in [0.25, 0.3) is 0 Å². The lowest BCUT2D eigenvalue weighted by Crippen LogP contribution is -3.00. The molecule has 0 amide bonds. The second-order valence-corrected chi connectivity index (χ2v) is 3.99. The Morgan fingerprint density at radius 1 is 0.833 bits per heavy atom. The van der Waals surface area contributed by atoms with Crippen molar-refractivity contribution in [1.29, 1.82) is 0 Å². The van der Waals surface area contributed by atoms with Crippen molar-refractivity contribution in [1.82, 2.24) is 0 Å². The molecule has 0 saturated heterocycles. The summed E-state index contributed by atoms with van der Waals surface area (Å²) < 4.78 is 0. The molecule has 0 fully saturated rings. The van der Waals surface area contributed by atoms with E-state index in [1.165, 1.54) is 5.56 Å². The van der Waals surface area contributed by atoms with Crippen molar-refractivity contribution in [2.45, 2.75) is 13.8 Å². The van der Waals surface area contributed by atoms with Gasteiger partial charge in [0.2, 0.25) is 0 Å². The SMILES string of the molecule is Cc1ccccc1N=N[NH2+]c1ccccc1C.[Cl-]. The van der Waals surface area contributed by atoms with Crippen LogP contribution in [-0.4, -0.2) is 0 Å². The van der Waals surface area contributed by atoms with Crippen LogP contribution in [0.2, 0.25) is 0 Å². The van der Waals surface area contributed by atoms with Crippen LogP contribution >= 0.6 is 0 Å². The van der Waals surface area contributed by atoms with E-state index < -0.39 is 0 Å². The van der Waals surface area contributed by atoms with Crippen molar-refractivity contribution in [2.75, 3.05) is 0 Å². The van der Waals surface area contributed by atoms with Gasteiger partial charge >= 0.3 is 0 Å². The Bertz CT molecular complexity index is 538. The molecule has 0 spiro atoms. The van der Waals surface area contributed by atoms with Crippen LogP contribution in [0.4, 0.5) is 11.4 Å². The van der Waals surface area contributed by atoms with Crippen LogP contribution in [0.5, 0.6) is 0 Å². The average molecular weight is 262 g/mol. The van der Waals surface area contributed by atoms with Gasteiger partial charge in [-0.3, -0.25) is 0 Å². The fourth-order valence-corrected chi connectivity index (χ4v) is 1.56. The summed E-state index contributed by atoms with van der Waals surface area (Å²) in [5.74, 6) is 0. The highest BCUT2D eigenvalue weighted by Crippen LogP contribution is 2.16. The van der Waals surface area contributed by atoms with Crippen molar-refractivity contribution in [3.63, 3.8) is 0 Å². The summed E-state index contributed by atoms with van der Waals surface area (Å²) >= 11 is 0. The predicted molar refractivity (Wildman–Crippen MR) is 68.5 cm³/mol. The van der Waals surface area contributed by atoms with Gasteiger partial charge in [-0.15, -0.1) is 5.11 Å². The Morgan fingerprint density at radius 3 is 2.11 bits per heavy atom. The van der Waals surface area contributed by atoms with E-state index in [9.17, 15) is 0 Å². The molecule has 0 bridgehead atoms. The van der Waals surface area contributed by atoms with Crippen LogP contribution in [-0.2, 0) is 0 Å². The quantitative estimate of drug-likeness (QED) is 0.355. The third-order valence-electron chi connectivity index (χ3n) is 2.67. The molecule has 0 heterocycles. The van der Waals surface area contributed by atoms with Crippen molar-refractivity contribution in [2.24, 2.45) is 10.3 Å². The average Bonchev–Trinajstić information content (AvgIpc) is 2.34. The fraction of sp³-hybridized carbons (Fsp3) is 0.143. The molecule has 0 aromatic heterocycles. The van der Waals surface area contributed by atoms with Crippen LogP contribution in [0.15, 0.2) is 58.9 Å². The van der Waals surface area contributed by atoms with Crippen molar-refractivity contribution in [3.05, 3.63) is 59.7 Å². The van der Waals surface area contributed by atoms with E-state index in [0.29, 0.717) is 0 Å². The lowest BCUT2D eigenvalue weighted by molar-refractivity contribution is -0.586. The van der Waals surface area contributed by atoms with Crippen molar-refractivity contribution in [3.8, 4) is 0 Å². The van der Waals surface area contributed by atoms with E-state index in [1.54, 1.807) is 5.43 Å². The molecule has 0 saturated carbocycles. The maximum atomic E-state index is 4.21. The molecule has 0 aliphatic heterocycles. The lowest BCUT2D eigenvalue weighted by Gasteiger charge is -1.98. The molecule has 18 heavy (non-hydrogen) atoms. The maximum Gasteiger partial charge on any atom is 0.160 e.